The molecule has 2 rings (SSSR count). The van der Waals surface area contributed by atoms with Gasteiger partial charge in [0, 0.05) is 20.1 Å². The highest BCUT2D eigenvalue weighted by atomic mass is 16.5. The van der Waals surface area contributed by atoms with Crippen molar-refractivity contribution in [3.63, 3.8) is 0 Å². The molecule has 2 aliphatic heterocycles. The predicted molar refractivity (Wildman–Crippen MR) is 43.8 cm³/mol. The Balaban J connectivity index is 2.13. The summed E-state index contributed by atoms with van der Waals surface area (Å²) < 4.78 is 5.54. The van der Waals surface area contributed by atoms with Crippen molar-refractivity contribution in [2.45, 2.75) is 18.6 Å². The number of ether oxygens (including phenoxy) is 1. The SMILES string of the molecule is CN1C(=O)CCO[C@H]2CNC[C@@H]21. The molecule has 0 aromatic heterocycles. The van der Waals surface area contributed by atoms with Crippen LogP contribution in [-0.4, -0.2) is 49.7 Å². The van der Waals surface area contributed by atoms with Gasteiger partial charge in [0.25, 0.3) is 0 Å². The van der Waals surface area contributed by atoms with Crippen LogP contribution < -0.4 is 5.32 Å². The molecule has 2 fully saturated rings. The monoisotopic (exact) mass is 170 g/mol. The molecule has 12 heavy (non-hydrogen) atoms. The lowest BCUT2D eigenvalue weighted by Gasteiger charge is -2.24. The summed E-state index contributed by atoms with van der Waals surface area (Å²) in [6, 6.07) is 0.250. The van der Waals surface area contributed by atoms with Gasteiger partial charge in [-0.15, -0.1) is 0 Å². The second-order valence-electron chi connectivity index (χ2n) is 3.39. The van der Waals surface area contributed by atoms with E-state index < -0.39 is 0 Å². The van der Waals surface area contributed by atoms with E-state index in [-0.39, 0.29) is 18.1 Å². The highest BCUT2D eigenvalue weighted by Gasteiger charge is 2.35. The molecule has 2 heterocycles. The molecule has 0 aromatic carbocycles. The zero-order valence-electron chi connectivity index (χ0n) is 7.25. The molecule has 0 saturated carbocycles. The van der Waals surface area contributed by atoms with Crippen molar-refractivity contribution in [3.05, 3.63) is 0 Å². The molecule has 0 aromatic rings. The van der Waals surface area contributed by atoms with Gasteiger partial charge >= 0.3 is 0 Å². The normalized spacial score (nSPS) is 36.4. The molecule has 4 heteroatoms. The Morgan fingerprint density at radius 3 is 3.25 bits per heavy atom. The number of nitrogens with one attached hydrogen (secondary N) is 1. The van der Waals surface area contributed by atoms with E-state index in [0.29, 0.717) is 13.0 Å². The molecule has 0 radical (unpaired) electrons. The minimum Gasteiger partial charge on any atom is -0.374 e. The molecular weight excluding hydrogens is 156 g/mol. The van der Waals surface area contributed by atoms with Crippen LogP contribution in [0.3, 0.4) is 0 Å². The minimum atomic E-state index is 0.200. The first-order chi connectivity index (χ1) is 5.79. The lowest BCUT2D eigenvalue weighted by molar-refractivity contribution is -0.130. The fourth-order valence-corrected chi connectivity index (χ4v) is 1.86. The molecule has 0 unspecified atom stereocenters. The molecule has 2 aliphatic rings. The second kappa shape index (κ2) is 3.03. The van der Waals surface area contributed by atoms with E-state index in [1.54, 1.807) is 0 Å². The van der Waals surface area contributed by atoms with Crippen molar-refractivity contribution in [2.75, 3.05) is 26.7 Å². The maximum absolute atomic E-state index is 11.4. The van der Waals surface area contributed by atoms with Gasteiger partial charge in [-0.3, -0.25) is 4.79 Å². The van der Waals surface area contributed by atoms with Gasteiger partial charge < -0.3 is 15.0 Å². The van der Waals surface area contributed by atoms with Crippen LogP contribution in [0.2, 0.25) is 0 Å². The molecule has 0 spiro atoms. The van der Waals surface area contributed by atoms with E-state index in [9.17, 15) is 4.79 Å². The number of fused-ring (bicyclic) bond motifs is 1. The molecular formula is C8H14N2O2. The quantitative estimate of drug-likeness (QED) is 0.518. The third kappa shape index (κ3) is 1.21. The van der Waals surface area contributed by atoms with Crippen molar-refractivity contribution in [3.8, 4) is 0 Å². The summed E-state index contributed by atoms with van der Waals surface area (Å²) in [4.78, 5) is 13.2. The van der Waals surface area contributed by atoms with Gasteiger partial charge in [-0.1, -0.05) is 0 Å². The van der Waals surface area contributed by atoms with Gasteiger partial charge in [0.1, 0.15) is 0 Å². The van der Waals surface area contributed by atoms with Gasteiger partial charge in [-0.25, -0.2) is 0 Å². The topological polar surface area (TPSA) is 41.6 Å². The zero-order valence-corrected chi connectivity index (χ0v) is 7.25. The van der Waals surface area contributed by atoms with Crippen LogP contribution in [0.15, 0.2) is 0 Å². The van der Waals surface area contributed by atoms with Crippen molar-refractivity contribution in [1.82, 2.24) is 10.2 Å². The maximum Gasteiger partial charge on any atom is 0.225 e. The van der Waals surface area contributed by atoms with Crippen LogP contribution in [0.5, 0.6) is 0 Å². The first-order valence-electron chi connectivity index (χ1n) is 4.37. The lowest BCUT2D eigenvalue weighted by atomic mass is 10.2. The molecule has 0 bridgehead atoms. The van der Waals surface area contributed by atoms with Crippen molar-refractivity contribution in [2.24, 2.45) is 0 Å². The number of carbonyl (C=O) groups is 1. The Kier molecular flexibility index (Phi) is 2.02. The molecule has 4 nitrogen and oxygen atoms in total. The average molecular weight is 170 g/mol. The van der Waals surface area contributed by atoms with Crippen LogP contribution in [-0.2, 0) is 9.53 Å². The fraction of sp³-hybridized carbons (Fsp3) is 0.875. The van der Waals surface area contributed by atoms with E-state index >= 15 is 0 Å². The maximum atomic E-state index is 11.4. The van der Waals surface area contributed by atoms with Crippen LogP contribution in [0.1, 0.15) is 6.42 Å². The van der Waals surface area contributed by atoms with E-state index in [0.717, 1.165) is 13.1 Å². The van der Waals surface area contributed by atoms with E-state index in [4.69, 9.17) is 4.74 Å². The number of likely N-dealkylation sites (N-methyl/N-ethyl adjacent to an activating group) is 1. The second-order valence-corrected chi connectivity index (χ2v) is 3.39. The minimum absolute atomic E-state index is 0.200. The van der Waals surface area contributed by atoms with Crippen LogP contribution in [0.25, 0.3) is 0 Å². The number of nitrogens with zero attached hydrogens (tertiary/aromatic N) is 1. The first-order valence-corrected chi connectivity index (χ1v) is 4.37. The van der Waals surface area contributed by atoms with Crippen LogP contribution >= 0.6 is 0 Å². The Morgan fingerprint density at radius 2 is 2.42 bits per heavy atom. The Bertz CT molecular complexity index is 195. The van der Waals surface area contributed by atoms with E-state index in [1.807, 2.05) is 11.9 Å². The zero-order chi connectivity index (χ0) is 8.55. The number of hydrogen-bond donors (Lipinski definition) is 1. The van der Waals surface area contributed by atoms with Gasteiger partial charge in [0.2, 0.25) is 5.91 Å². The number of rotatable bonds is 0. The molecule has 1 amide bonds. The first kappa shape index (κ1) is 8.01. The summed E-state index contributed by atoms with van der Waals surface area (Å²) in [6.45, 7) is 2.32. The molecule has 68 valence electrons. The van der Waals surface area contributed by atoms with Gasteiger partial charge in [0.15, 0.2) is 0 Å². The molecule has 1 N–H and O–H groups in total. The van der Waals surface area contributed by atoms with Gasteiger partial charge in [-0.05, 0) is 0 Å². The van der Waals surface area contributed by atoms with Crippen molar-refractivity contribution < 1.29 is 9.53 Å². The highest BCUT2D eigenvalue weighted by molar-refractivity contribution is 5.76. The molecule has 0 aliphatic carbocycles. The average Bonchev–Trinajstić information content (AvgIpc) is 2.46. The van der Waals surface area contributed by atoms with Crippen molar-refractivity contribution in [1.29, 1.82) is 0 Å². The smallest absolute Gasteiger partial charge is 0.225 e. The number of carbonyl (C=O) groups excluding carboxylic acids is 1. The Hall–Kier alpha value is -0.610. The summed E-state index contributed by atoms with van der Waals surface area (Å²) >= 11 is 0. The fourth-order valence-electron chi connectivity index (χ4n) is 1.86. The van der Waals surface area contributed by atoms with Crippen LogP contribution in [0.4, 0.5) is 0 Å². The summed E-state index contributed by atoms with van der Waals surface area (Å²) in [5.74, 6) is 0.200. The summed E-state index contributed by atoms with van der Waals surface area (Å²) in [5.41, 5.74) is 0. The third-order valence-corrected chi connectivity index (χ3v) is 2.67. The predicted octanol–water partition coefficient (Wildman–Crippen LogP) is -0.794. The number of amides is 1. The summed E-state index contributed by atoms with van der Waals surface area (Å²) in [6.07, 6.45) is 0.741. The molecule has 2 saturated heterocycles. The molecule has 2 atom stereocenters. The third-order valence-electron chi connectivity index (χ3n) is 2.67. The summed E-state index contributed by atoms with van der Waals surface area (Å²) in [7, 11) is 1.86. The van der Waals surface area contributed by atoms with Gasteiger partial charge in [-0.2, -0.15) is 0 Å². The van der Waals surface area contributed by atoms with Crippen LogP contribution in [0, 0.1) is 0 Å². The Morgan fingerprint density at radius 1 is 1.58 bits per heavy atom. The lowest BCUT2D eigenvalue weighted by Crippen LogP contribution is -2.42. The van der Waals surface area contributed by atoms with Crippen molar-refractivity contribution >= 4 is 5.91 Å². The largest absolute Gasteiger partial charge is 0.374 e. The highest BCUT2D eigenvalue weighted by Crippen LogP contribution is 2.16. The summed E-state index contributed by atoms with van der Waals surface area (Å²) in [5, 5.41) is 3.22. The standard InChI is InChI=1S/C8H14N2O2/c1-10-6-4-9-5-7(6)12-3-2-8(10)11/h6-7,9H,2-5H2,1H3/t6-,7-/m0/s1. The van der Waals surface area contributed by atoms with E-state index in [2.05, 4.69) is 5.32 Å². The van der Waals surface area contributed by atoms with Gasteiger partial charge in [0.05, 0.1) is 25.2 Å². The number of hydrogen-bond acceptors (Lipinski definition) is 3. The van der Waals surface area contributed by atoms with E-state index in [1.165, 1.54) is 0 Å². The Labute approximate surface area is 71.9 Å².